The second-order valence-corrected chi connectivity index (χ2v) is 6.02. The van der Waals surface area contributed by atoms with Crippen LogP contribution in [0, 0.1) is 11.8 Å². The van der Waals surface area contributed by atoms with Gasteiger partial charge in [-0.3, -0.25) is 14.5 Å². The van der Waals surface area contributed by atoms with E-state index in [1.165, 1.54) is 4.90 Å². The molecule has 1 saturated heterocycles. The predicted molar refractivity (Wildman–Crippen MR) is 62.1 cm³/mol. The van der Waals surface area contributed by atoms with Crippen molar-refractivity contribution in [2.45, 2.75) is 38.8 Å². The highest BCUT2D eigenvalue weighted by molar-refractivity contribution is 6.08. The van der Waals surface area contributed by atoms with Crippen molar-refractivity contribution in [1.82, 2.24) is 10.2 Å². The van der Waals surface area contributed by atoms with Crippen LogP contribution in [0.2, 0.25) is 0 Å². The summed E-state index contributed by atoms with van der Waals surface area (Å²) < 4.78 is 0. The normalized spacial score (nSPS) is 29.5. The molecule has 0 aromatic heterocycles. The summed E-state index contributed by atoms with van der Waals surface area (Å²) in [4.78, 5) is 24.6. The molecule has 2 fully saturated rings. The summed E-state index contributed by atoms with van der Waals surface area (Å²) in [7, 11) is 0. The van der Waals surface area contributed by atoms with Gasteiger partial charge in [-0.15, -0.1) is 0 Å². The fourth-order valence-corrected chi connectivity index (χ4v) is 2.13. The predicted octanol–water partition coefficient (Wildman–Crippen LogP) is -0.260. The van der Waals surface area contributed by atoms with Crippen LogP contribution in [-0.2, 0) is 9.59 Å². The van der Waals surface area contributed by atoms with Crippen molar-refractivity contribution >= 4 is 11.8 Å². The van der Waals surface area contributed by atoms with E-state index in [4.69, 9.17) is 0 Å². The smallest absolute Gasteiger partial charge is 0.233 e. The number of amides is 2. The number of hydrogen-bond acceptors (Lipinski definition) is 4. The van der Waals surface area contributed by atoms with Crippen LogP contribution in [0.1, 0.15) is 27.2 Å². The summed E-state index contributed by atoms with van der Waals surface area (Å²) in [5.74, 6) is -0.361. The largest absolute Gasteiger partial charge is 0.390 e. The topological polar surface area (TPSA) is 69.6 Å². The Kier molecular flexibility index (Phi) is 2.99. The van der Waals surface area contributed by atoms with E-state index >= 15 is 0 Å². The lowest BCUT2D eigenvalue weighted by Gasteiger charge is -2.25. The van der Waals surface area contributed by atoms with Gasteiger partial charge in [0.25, 0.3) is 0 Å². The van der Waals surface area contributed by atoms with Gasteiger partial charge < -0.3 is 10.4 Å². The second-order valence-electron chi connectivity index (χ2n) is 6.02. The van der Waals surface area contributed by atoms with E-state index in [2.05, 4.69) is 5.32 Å². The third-order valence-corrected chi connectivity index (χ3v) is 3.22. The molecule has 2 rings (SSSR count). The molecule has 0 aromatic rings. The molecule has 1 saturated carbocycles. The van der Waals surface area contributed by atoms with Crippen LogP contribution in [0.25, 0.3) is 0 Å². The lowest BCUT2D eigenvalue weighted by atomic mass is 10.1. The van der Waals surface area contributed by atoms with Gasteiger partial charge in [0, 0.05) is 12.1 Å². The number of likely N-dealkylation sites (tertiary alicyclic amines) is 1. The first-order valence-electron chi connectivity index (χ1n) is 6.08. The number of imide groups is 1. The van der Waals surface area contributed by atoms with Gasteiger partial charge in [0.15, 0.2) is 0 Å². The summed E-state index contributed by atoms with van der Waals surface area (Å²) in [5.41, 5.74) is -0.0812. The number of rotatable bonds is 4. The number of β-amino-alcohol motifs (C(OH)–C–C–N with tert-alkyl or cyclic N) is 1. The number of carbonyl (C=O) groups is 2. The number of piperidine rings is 1. The third kappa shape index (κ3) is 2.66. The fourth-order valence-electron chi connectivity index (χ4n) is 2.13. The molecule has 0 bridgehead atoms. The Balaban J connectivity index is 1.81. The number of hydrogen-bond donors (Lipinski definition) is 2. The van der Waals surface area contributed by atoms with E-state index in [1.807, 2.05) is 20.8 Å². The summed E-state index contributed by atoms with van der Waals surface area (Å²) >= 11 is 0. The van der Waals surface area contributed by atoms with Crippen LogP contribution >= 0.6 is 0 Å². The van der Waals surface area contributed by atoms with E-state index in [-0.39, 0.29) is 35.7 Å². The number of aliphatic hydroxyl groups is 1. The van der Waals surface area contributed by atoms with Gasteiger partial charge in [-0.25, -0.2) is 0 Å². The second kappa shape index (κ2) is 4.07. The minimum atomic E-state index is -0.695. The highest BCUT2D eigenvalue weighted by atomic mass is 16.3. The molecule has 0 radical (unpaired) electrons. The average molecular weight is 240 g/mol. The monoisotopic (exact) mass is 240 g/mol. The van der Waals surface area contributed by atoms with Crippen molar-refractivity contribution in [3.63, 3.8) is 0 Å². The van der Waals surface area contributed by atoms with Gasteiger partial charge in [-0.2, -0.15) is 0 Å². The van der Waals surface area contributed by atoms with Crippen molar-refractivity contribution in [3.8, 4) is 0 Å². The summed E-state index contributed by atoms with van der Waals surface area (Å²) in [6, 6.07) is 0. The number of carbonyl (C=O) groups excluding carboxylic acids is 2. The van der Waals surface area contributed by atoms with Crippen LogP contribution < -0.4 is 5.32 Å². The standard InChI is InChI=1S/C12H20N2O3/c1-12(2,3)13-5-7(15)6-14-10(16)8-4-9(8)11(14)17/h7-9,13,15H,4-6H2,1-3H3. The average Bonchev–Trinajstić information content (AvgIpc) is 2.95. The van der Waals surface area contributed by atoms with Gasteiger partial charge in [0.1, 0.15) is 0 Å². The zero-order valence-electron chi connectivity index (χ0n) is 10.6. The molecule has 2 amide bonds. The maximum Gasteiger partial charge on any atom is 0.233 e. The number of fused-ring (bicyclic) bond motifs is 1. The van der Waals surface area contributed by atoms with Crippen LogP contribution in [0.4, 0.5) is 0 Å². The van der Waals surface area contributed by atoms with E-state index < -0.39 is 6.10 Å². The van der Waals surface area contributed by atoms with Gasteiger partial charge in [-0.1, -0.05) is 0 Å². The molecule has 1 aliphatic carbocycles. The molecule has 3 atom stereocenters. The van der Waals surface area contributed by atoms with E-state index in [1.54, 1.807) is 0 Å². The third-order valence-electron chi connectivity index (χ3n) is 3.22. The first-order valence-corrected chi connectivity index (χ1v) is 6.08. The molecule has 17 heavy (non-hydrogen) atoms. The molecule has 2 aliphatic rings. The molecular formula is C12H20N2O3. The summed E-state index contributed by atoms with van der Waals surface area (Å²) in [6.45, 7) is 6.51. The Morgan fingerprint density at radius 2 is 1.88 bits per heavy atom. The molecule has 0 spiro atoms. The molecule has 2 N–H and O–H groups in total. The quantitative estimate of drug-likeness (QED) is 0.664. The lowest BCUT2D eigenvalue weighted by molar-refractivity contribution is -0.142. The minimum Gasteiger partial charge on any atom is -0.390 e. The molecule has 1 heterocycles. The fraction of sp³-hybridized carbons (Fsp3) is 0.833. The van der Waals surface area contributed by atoms with Crippen molar-refractivity contribution in [1.29, 1.82) is 0 Å². The van der Waals surface area contributed by atoms with Crippen LogP contribution in [-0.4, -0.2) is 46.6 Å². The first-order chi connectivity index (χ1) is 7.79. The summed E-state index contributed by atoms with van der Waals surface area (Å²) in [6.07, 6.45) is 0.0180. The highest BCUT2D eigenvalue weighted by Gasteiger charge is 2.58. The lowest BCUT2D eigenvalue weighted by Crippen LogP contribution is -2.46. The Hall–Kier alpha value is -0.940. The Labute approximate surface area is 101 Å². The first kappa shape index (κ1) is 12.5. The molecule has 96 valence electrons. The SMILES string of the molecule is CC(C)(C)NCC(O)CN1C(=O)C2CC2C1=O. The Morgan fingerprint density at radius 3 is 2.35 bits per heavy atom. The van der Waals surface area contributed by atoms with Crippen molar-refractivity contribution in [3.05, 3.63) is 0 Å². The number of nitrogens with zero attached hydrogens (tertiary/aromatic N) is 1. The van der Waals surface area contributed by atoms with Crippen LogP contribution in [0.15, 0.2) is 0 Å². The molecular weight excluding hydrogens is 220 g/mol. The maximum absolute atomic E-state index is 11.7. The number of aliphatic hydroxyl groups excluding tert-OH is 1. The van der Waals surface area contributed by atoms with Gasteiger partial charge in [-0.05, 0) is 27.2 Å². The Bertz CT molecular complexity index is 328. The molecule has 5 heteroatoms. The van der Waals surface area contributed by atoms with Crippen molar-refractivity contribution < 1.29 is 14.7 Å². The van der Waals surface area contributed by atoms with Gasteiger partial charge in [0.2, 0.25) is 11.8 Å². The maximum atomic E-state index is 11.7. The van der Waals surface area contributed by atoms with Gasteiger partial charge >= 0.3 is 0 Å². The van der Waals surface area contributed by atoms with Gasteiger partial charge in [0.05, 0.1) is 24.5 Å². The molecule has 1 aliphatic heterocycles. The van der Waals surface area contributed by atoms with Crippen molar-refractivity contribution in [2.75, 3.05) is 13.1 Å². The van der Waals surface area contributed by atoms with E-state index in [0.29, 0.717) is 13.0 Å². The van der Waals surface area contributed by atoms with E-state index in [0.717, 1.165) is 0 Å². The summed E-state index contributed by atoms with van der Waals surface area (Å²) in [5, 5.41) is 12.9. The van der Waals surface area contributed by atoms with E-state index in [9.17, 15) is 14.7 Å². The molecule has 0 aromatic carbocycles. The van der Waals surface area contributed by atoms with Crippen LogP contribution in [0.3, 0.4) is 0 Å². The molecule has 3 unspecified atom stereocenters. The number of nitrogens with one attached hydrogen (secondary N) is 1. The van der Waals surface area contributed by atoms with Crippen molar-refractivity contribution in [2.24, 2.45) is 11.8 Å². The zero-order chi connectivity index (χ0) is 12.8. The zero-order valence-corrected chi connectivity index (χ0v) is 10.6. The van der Waals surface area contributed by atoms with Crippen LogP contribution in [0.5, 0.6) is 0 Å². The Morgan fingerprint density at radius 1 is 1.35 bits per heavy atom. The minimum absolute atomic E-state index is 0.0784. The molecule has 5 nitrogen and oxygen atoms in total. The highest BCUT2D eigenvalue weighted by Crippen LogP contribution is 2.46.